The van der Waals surface area contributed by atoms with E-state index in [1.54, 1.807) is 0 Å². The van der Waals surface area contributed by atoms with E-state index in [9.17, 15) is 22.8 Å². The fourth-order valence-corrected chi connectivity index (χ4v) is 2.56. The predicted octanol–water partition coefficient (Wildman–Crippen LogP) is 3.70. The third-order valence-corrected chi connectivity index (χ3v) is 3.96. The number of hydrogen-bond donors (Lipinski definition) is 1. The van der Waals surface area contributed by atoms with E-state index in [1.165, 1.54) is 4.90 Å². The zero-order valence-corrected chi connectivity index (χ0v) is 13.0. The van der Waals surface area contributed by atoms with Crippen LogP contribution in [0.2, 0.25) is 5.02 Å². The number of carbonyl (C=O) groups excluding carboxylic acids is 2. The van der Waals surface area contributed by atoms with Crippen LogP contribution in [-0.2, 0) is 15.8 Å². The molecular formula is C15H16ClF3N2O2. The Morgan fingerprint density at radius 2 is 1.70 bits per heavy atom. The molecule has 0 unspecified atom stereocenters. The number of amides is 2. The van der Waals surface area contributed by atoms with Gasteiger partial charge in [-0.05, 0) is 31.0 Å². The molecule has 0 saturated carbocycles. The van der Waals surface area contributed by atoms with E-state index in [4.69, 9.17) is 11.6 Å². The number of halogens is 4. The molecule has 1 fully saturated rings. The van der Waals surface area contributed by atoms with Crippen LogP contribution < -0.4 is 5.32 Å². The molecule has 1 aliphatic rings. The Labute approximate surface area is 136 Å². The lowest BCUT2D eigenvalue weighted by Crippen LogP contribution is -2.40. The lowest BCUT2D eigenvalue weighted by Gasteiger charge is -2.19. The molecule has 2 rings (SSSR count). The van der Waals surface area contributed by atoms with Gasteiger partial charge in [-0.25, -0.2) is 0 Å². The summed E-state index contributed by atoms with van der Waals surface area (Å²) in [7, 11) is 0. The van der Waals surface area contributed by atoms with E-state index in [0.29, 0.717) is 13.1 Å². The highest BCUT2D eigenvalue weighted by molar-refractivity contribution is 6.41. The number of likely N-dealkylation sites (tertiary alicyclic amines) is 1. The maximum atomic E-state index is 12.7. The molecule has 23 heavy (non-hydrogen) atoms. The topological polar surface area (TPSA) is 49.4 Å². The monoisotopic (exact) mass is 348 g/mol. The summed E-state index contributed by atoms with van der Waals surface area (Å²) >= 11 is 5.80. The average Bonchev–Trinajstić information content (AvgIpc) is 2.76. The van der Waals surface area contributed by atoms with Crippen molar-refractivity contribution in [3.8, 4) is 0 Å². The SMILES string of the molecule is O=C(Nc1cc(C(F)(F)F)ccc1Cl)C(=O)N1CCCCCC1. The van der Waals surface area contributed by atoms with Gasteiger partial charge < -0.3 is 10.2 Å². The van der Waals surface area contributed by atoms with Crippen molar-refractivity contribution in [1.29, 1.82) is 0 Å². The number of anilines is 1. The number of nitrogens with zero attached hydrogens (tertiary/aromatic N) is 1. The number of hydrogen-bond acceptors (Lipinski definition) is 2. The highest BCUT2D eigenvalue weighted by atomic mass is 35.5. The van der Waals surface area contributed by atoms with Crippen LogP contribution in [0.5, 0.6) is 0 Å². The van der Waals surface area contributed by atoms with Crippen molar-refractivity contribution in [1.82, 2.24) is 4.90 Å². The summed E-state index contributed by atoms with van der Waals surface area (Å²) in [4.78, 5) is 25.5. The Bertz CT molecular complexity index is 597. The first kappa shape index (κ1) is 17.6. The van der Waals surface area contributed by atoms with Crippen LogP contribution in [0.15, 0.2) is 18.2 Å². The molecule has 0 aliphatic carbocycles. The number of alkyl halides is 3. The van der Waals surface area contributed by atoms with Crippen LogP contribution in [0, 0.1) is 0 Å². The van der Waals surface area contributed by atoms with Gasteiger partial charge in [0.05, 0.1) is 16.3 Å². The summed E-state index contributed by atoms with van der Waals surface area (Å²) in [6.07, 6.45) is -0.957. The predicted molar refractivity (Wildman–Crippen MR) is 80.1 cm³/mol. The number of rotatable bonds is 1. The zero-order valence-electron chi connectivity index (χ0n) is 12.3. The Balaban J connectivity index is 2.11. The Morgan fingerprint density at radius 3 is 2.26 bits per heavy atom. The van der Waals surface area contributed by atoms with E-state index in [0.717, 1.165) is 43.9 Å². The van der Waals surface area contributed by atoms with Crippen LogP contribution in [-0.4, -0.2) is 29.8 Å². The molecule has 0 aromatic heterocycles. The normalized spacial score (nSPS) is 15.9. The average molecular weight is 349 g/mol. The lowest BCUT2D eigenvalue weighted by molar-refractivity contribution is -0.143. The fraction of sp³-hybridized carbons (Fsp3) is 0.467. The van der Waals surface area contributed by atoms with Crippen LogP contribution in [0.25, 0.3) is 0 Å². The van der Waals surface area contributed by atoms with Crippen molar-refractivity contribution >= 4 is 29.1 Å². The Hall–Kier alpha value is -1.76. The maximum absolute atomic E-state index is 12.7. The Morgan fingerprint density at radius 1 is 1.09 bits per heavy atom. The van der Waals surface area contributed by atoms with E-state index >= 15 is 0 Å². The lowest BCUT2D eigenvalue weighted by atomic mass is 10.2. The van der Waals surface area contributed by atoms with Crippen LogP contribution in [0.4, 0.5) is 18.9 Å². The third kappa shape index (κ3) is 4.60. The van der Waals surface area contributed by atoms with Gasteiger partial charge >= 0.3 is 18.0 Å². The summed E-state index contributed by atoms with van der Waals surface area (Å²) in [5, 5.41) is 2.12. The van der Waals surface area contributed by atoms with Gasteiger partial charge in [-0.15, -0.1) is 0 Å². The number of carbonyl (C=O) groups is 2. The van der Waals surface area contributed by atoms with Crippen molar-refractivity contribution in [3.05, 3.63) is 28.8 Å². The minimum Gasteiger partial charge on any atom is -0.334 e. The zero-order chi connectivity index (χ0) is 17.0. The molecule has 1 aromatic rings. The first-order valence-corrected chi connectivity index (χ1v) is 7.64. The molecule has 1 saturated heterocycles. The molecule has 0 atom stereocenters. The third-order valence-electron chi connectivity index (χ3n) is 3.63. The van der Waals surface area contributed by atoms with Gasteiger partial charge in [0.15, 0.2) is 0 Å². The van der Waals surface area contributed by atoms with Gasteiger partial charge in [0.2, 0.25) is 0 Å². The minimum atomic E-state index is -4.56. The van der Waals surface area contributed by atoms with Gasteiger partial charge in [-0.3, -0.25) is 9.59 Å². The van der Waals surface area contributed by atoms with Crippen molar-refractivity contribution in [2.45, 2.75) is 31.9 Å². The van der Waals surface area contributed by atoms with Crippen LogP contribution in [0.1, 0.15) is 31.2 Å². The van der Waals surface area contributed by atoms with Crippen LogP contribution in [0.3, 0.4) is 0 Å². The van der Waals surface area contributed by atoms with Crippen molar-refractivity contribution in [2.24, 2.45) is 0 Å². The second-order valence-electron chi connectivity index (χ2n) is 5.35. The Kier molecular flexibility index (Phi) is 5.51. The second-order valence-corrected chi connectivity index (χ2v) is 5.76. The molecule has 1 N–H and O–H groups in total. The van der Waals surface area contributed by atoms with Gasteiger partial charge in [0.1, 0.15) is 0 Å². The van der Waals surface area contributed by atoms with Gasteiger partial charge in [0, 0.05) is 13.1 Å². The highest BCUT2D eigenvalue weighted by Gasteiger charge is 2.31. The molecular weight excluding hydrogens is 333 g/mol. The maximum Gasteiger partial charge on any atom is 0.416 e. The summed E-state index contributed by atoms with van der Waals surface area (Å²) in [6, 6.07) is 2.57. The van der Waals surface area contributed by atoms with E-state index in [2.05, 4.69) is 5.32 Å². The van der Waals surface area contributed by atoms with Gasteiger partial charge in [-0.2, -0.15) is 13.2 Å². The van der Waals surface area contributed by atoms with E-state index in [1.807, 2.05) is 0 Å². The molecule has 0 bridgehead atoms. The quantitative estimate of drug-likeness (QED) is 0.787. The molecule has 0 radical (unpaired) electrons. The van der Waals surface area contributed by atoms with E-state index in [-0.39, 0.29) is 10.7 Å². The van der Waals surface area contributed by atoms with Crippen LogP contribution >= 0.6 is 11.6 Å². The molecule has 0 spiro atoms. The largest absolute Gasteiger partial charge is 0.416 e. The number of nitrogens with one attached hydrogen (secondary N) is 1. The van der Waals surface area contributed by atoms with Crippen molar-refractivity contribution in [2.75, 3.05) is 18.4 Å². The minimum absolute atomic E-state index is 0.0602. The standard InChI is InChI=1S/C15H16ClF3N2O2/c16-11-6-5-10(15(17,18)19)9-12(11)20-13(22)14(23)21-7-3-1-2-4-8-21/h5-6,9H,1-4,7-8H2,(H,20,22). The summed E-state index contributed by atoms with van der Waals surface area (Å²) in [5.74, 6) is -1.73. The van der Waals surface area contributed by atoms with Gasteiger partial charge in [-0.1, -0.05) is 24.4 Å². The molecule has 1 aliphatic heterocycles. The number of benzene rings is 1. The summed E-state index contributed by atoms with van der Waals surface area (Å²) < 4.78 is 38.1. The molecule has 1 aromatic carbocycles. The van der Waals surface area contributed by atoms with E-state index < -0.39 is 23.6 Å². The molecule has 4 nitrogen and oxygen atoms in total. The molecule has 8 heteroatoms. The smallest absolute Gasteiger partial charge is 0.334 e. The molecule has 126 valence electrons. The summed E-state index contributed by atoms with van der Waals surface area (Å²) in [5.41, 5.74) is -1.17. The molecule has 1 heterocycles. The van der Waals surface area contributed by atoms with Gasteiger partial charge in [0.25, 0.3) is 0 Å². The fourth-order valence-electron chi connectivity index (χ4n) is 2.39. The second kappa shape index (κ2) is 7.21. The first-order chi connectivity index (χ1) is 10.8. The van der Waals surface area contributed by atoms with Crippen molar-refractivity contribution in [3.63, 3.8) is 0 Å². The highest BCUT2D eigenvalue weighted by Crippen LogP contribution is 2.33. The van der Waals surface area contributed by atoms with Crippen molar-refractivity contribution < 1.29 is 22.8 Å². The first-order valence-electron chi connectivity index (χ1n) is 7.26. The summed E-state index contributed by atoms with van der Waals surface area (Å²) in [6.45, 7) is 0.950. The molecule has 2 amide bonds.